The number of ketones is 1. The number of nitriles is 1. The lowest BCUT2D eigenvalue weighted by atomic mass is 10.0. The van der Waals surface area contributed by atoms with Gasteiger partial charge < -0.3 is 14.5 Å². The van der Waals surface area contributed by atoms with Gasteiger partial charge >= 0.3 is 0 Å². The Morgan fingerprint density at radius 2 is 2.09 bits per heavy atom. The number of nitrogens with one attached hydrogen (secondary N) is 1. The van der Waals surface area contributed by atoms with Gasteiger partial charge in [-0.15, -0.1) is 0 Å². The Labute approximate surface area is 127 Å². The van der Waals surface area contributed by atoms with Gasteiger partial charge in [-0.2, -0.15) is 5.26 Å². The van der Waals surface area contributed by atoms with Crippen molar-refractivity contribution in [3.05, 3.63) is 47.9 Å². The molecule has 0 bridgehead atoms. The van der Waals surface area contributed by atoms with Gasteiger partial charge in [-0.25, -0.2) is 0 Å². The molecule has 1 amide bonds. The molecule has 0 aliphatic carbocycles. The second-order valence-electron chi connectivity index (χ2n) is 4.56. The Hall–Kier alpha value is -3.07. The van der Waals surface area contributed by atoms with Crippen LogP contribution in [0.15, 0.2) is 40.8 Å². The highest BCUT2D eigenvalue weighted by molar-refractivity contribution is 6.14. The van der Waals surface area contributed by atoms with Crippen molar-refractivity contribution >= 4 is 17.4 Å². The molecule has 0 spiro atoms. The number of hydrogen-bond donors (Lipinski definition) is 1. The van der Waals surface area contributed by atoms with Crippen LogP contribution in [0.1, 0.15) is 16.3 Å². The number of hydrogen-bond acceptors (Lipinski definition) is 5. The van der Waals surface area contributed by atoms with E-state index in [0.29, 0.717) is 17.2 Å². The molecule has 2 rings (SSSR count). The zero-order valence-electron chi connectivity index (χ0n) is 12.1. The molecular weight excluding hydrogens is 284 g/mol. The Kier molecular flexibility index (Phi) is 4.59. The van der Waals surface area contributed by atoms with E-state index in [9.17, 15) is 9.59 Å². The summed E-state index contributed by atoms with van der Waals surface area (Å²) < 4.78 is 10.2. The quantitative estimate of drug-likeness (QED) is 0.676. The molecule has 0 saturated carbocycles. The topological polar surface area (TPSA) is 92.3 Å². The summed E-state index contributed by atoms with van der Waals surface area (Å²) >= 11 is 0. The van der Waals surface area contributed by atoms with Crippen molar-refractivity contribution in [2.45, 2.75) is 6.92 Å². The van der Waals surface area contributed by atoms with Crippen molar-refractivity contribution in [3.63, 3.8) is 0 Å². The average molecular weight is 298 g/mol. The van der Waals surface area contributed by atoms with Crippen LogP contribution >= 0.6 is 0 Å². The first-order valence-corrected chi connectivity index (χ1v) is 6.50. The molecule has 6 nitrogen and oxygen atoms in total. The number of aryl methyl sites for hydroxylation is 1. The van der Waals surface area contributed by atoms with E-state index < -0.39 is 17.6 Å². The van der Waals surface area contributed by atoms with Gasteiger partial charge in [-0.3, -0.25) is 9.59 Å². The van der Waals surface area contributed by atoms with Gasteiger partial charge in [0.1, 0.15) is 11.5 Å². The van der Waals surface area contributed by atoms with Crippen LogP contribution in [0, 0.1) is 24.2 Å². The van der Waals surface area contributed by atoms with E-state index >= 15 is 0 Å². The van der Waals surface area contributed by atoms with Gasteiger partial charge in [-0.1, -0.05) is 6.07 Å². The number of anilines is 1. The fourth-order valence-electron chi connectivity index (χ4n) is 1.86. The first kappa shape index (κ1) is 15.3. The summed E-state index contributed by atoms with van der Waals surface area (Å²) in [6.45, 7) is 1.68. The van der Waals surface area contributed by atoms with Crippen LogP contribution in [0.25, 0.3) is 0 Å². The molecule has 1 aromatic carbocycles. The smallest absolute Gasteiger partial charge is 0.249 e. The Morgan fingerprint density at radius 3 is 2.68 bits per heavy atom. The largest absolute Gasteiger partial charge is 0.497 e. The zero-order chi connectivity index (χ0) is 16.1. The maximum Gasteiger partial charge on any atom is 0.249 e. The van der Waals surface area contributed by atoms with E-state index in [1.165, 1.54) is 13.2 Å². The maximum absolute atomic E-state index is 12.1. The molecule has 1 atom stereocenters. The molecule has 2 aromatic rings. The van der Waals surface area contributed by atoms with E-state index in [2.05, 4.69) is 5.32 Å². The predicted molar refractivity (Wildman–Crippen MR) is 78.5 cm³/mol. The van der Waals surface area contributed by atoms with Gasteiger partial charge in [0.25, 0.3) is 0 Å². The molecule has 1 N–H and O–H groups in total. The van der Waals surface area contributed by atoms with E-state index in [-0.39, 0.29) is 5.76 Å². The number of carbonyl (C=O) groups excluding carboxylic acids is 2. The van der Waals surface area contributed by atoms with Crippen molar-refractivity contribution in [2.75, 3.05) is 12.4 Å². The number of methoxy groups -OCH3 is 1. The molecule has 0 unspecified atom stereocenters. The van der Waals surface area contributed by atoms with Crippen molar-refractivity contribution < 1.29 is 18.7 Å². The normalized spacial score (nSPS) is 11.3. The van der Waals surface area contributed by atoms with Crippen LogP contribution in [-0.4, -0.2) is 18.8 Å². The molecule has 0 aliphatic heterocycles. The fourth-order valence-corrected chi connectivity index (χ4v) is 1.86. The molecule has 1 aromatic heterocycles. The third-order valence-corrected chi connectivity index (χ3v) is 2.97. The predicted octanol–water partition coefficient (Wildman–Crippen LogP) is 2.56. The first-order valence-electron chi connectivity index (χ1n) is 6.50. The standard InChI is InChI=1S/C16H14N2O4/c1-10-6-7-14(22-10)15(19)13(9-17)16(20)18-11-4-3-5-12(8-11)21-2/h3-8,13H,1-2H3,(H,18,20)/t13-/m1/s1. The third kappa shape index (κ3) is 3.33. The van der Waals surface area contributed by atoms with Crippen LogP contribution < -0.4 is 10.1 Å². The van der Waals surface area contributed by atoms with E-state index in [1.54, 1.807) is 43.3 Å². The maximum atomic E-state index is 12.1. The Balaban J connectivity index is 2.15. The highest BCUT2D eigenvalue weighted by Gasteiger charge is 2.29. The van der Waals surface area contributed by atoms with Gasteiger partial charge in [0.2, 0.25) is 11.7 Å². The van der Waals surface area contributed by atoms with Crippen molar-refractivity contribution in [2.24, 2.45) is 5.92 Å². The fraction of sp³-hybridized carbons (Fsp3) is 0.188. The summed E-state index contributed by atoms with van der Waals surface area (Å²) in [5.74, 6) is -1.78. The highest BCUT2D eigenvalue weighted by Crippen LogP contribution is 2.19. The molecule has 22 heavy (non-hydrogen) atoms. The average Bonchev–Trinajstić information content (AvgIpc) is 2.94. The summed E-state index contributed by atoms with van der Waals surface area (Å²) in [4.78, 5) is 24.3. The summed E-state index contributed by atoms with van der Waals surface area (Å²) in [5, 5.41) is 11.6. The Morgan fingerprint density at radius 1 is 1.32 bits per heavy atom. The third-order valence-electron chi connectivity index (χ3n) is 2.97. The summed E-state index contributed by atoms with van der Waals surface area (Å²) in [7, 11) is 1.50. The second kappa shape index (κ2) is 6.59. The second-order valence-corrected chi connectivity index (χ2v) is 4.56. The van der Waals surface area contributed by atoms with E-state index in [0.717, 1.165) is 0 Å². The van der Waals surface area contributed by atoms with Gasteiger partial charge in [0.05, 0.1) is 13.2 Å². The minimum absolute atomic E-state index is 0.00941. The summed E-state index contributed by atoms with van der Waals surface area (Å²) in [6.07, 6.45) is 0. The Bertz CT molecular complexity index is 743. The lowest BCUT2D eigenvalue weighted by molar-refractivity contribution is -0.117. The number of nitrogens with zero attached hydrogens (tertiary/aromatic N) is 1. The summed E-state index contributed by atoms with van der Waals surface area (Å²) in [6, 6.07) is 11.4. The monoisotopic (exact) mass is 298 g/mol. The summed E-state index contributed by atoms with van der Waals surface area (Å²) in [5.41, 5.74) is 0.438. The molecular formula is C16H14N2O4. The molecule has 0 fully saturated rings. The lowest BCUT2D eigenvalue weighted by Gasteiger charge is -2.09. The molecule has 1 heterocycles. The molecule has 0 aliphatic rings. The lowest BCUT2D eigenvalue weighted by Crippen LogP contribution is -2.28. The number of Topliss-reactive ketones (excluding diaryl/α,β-unsaturated/α-hetero) is 1. The van der Waals surface area contributed by atoms with Crippen LogP contribution in [0.2, 0.25) is 0 Å². The molecule has 0 radical (unpaired) electrons. The van der Waals surface area contributed by atoms with Crippen LogP contribution in [0.3, 0.4) is 0 Å². The number of carbonyl (C=O) groups is 2. The SMILES string of the molecule is COc1cccc(NC(=O)[C@H](C#N)C(=O)c2ccc(C)o2)c1. The molecule has 6 heteroatoms. The number of furan rings is 1. The van der Waals surface area contributed by atoms with Crippen LogP contribution in [-0.2, 0) is 4.79 Å². The number of ether oxygens (including phenoxy) is 1. The minimum Gasteiger partial charge on any atom is -0.497 e. The number of benzene rings is 1. The van der Waals surface area contributed by atoms with E-state index in [4.69, 9.17) is 14.4 Å². The zero-order valence-corrected chi connectivity index (χ0v) is 12.1. The van der Waals surface area contributed by atoms with Gasteiger partial charge in [-0.05, 0) is 31.2 Å². The van der Waals surface area contributed by atoms with Gasteiger partial charge in [0.15, 0.2) is 11.7 Å². The molecule has 0 saturated heterocycles. The number of rotatable bonds is 5. The first-order chi connectivity index (χ1) is 10.5. The van der Waals surface area contributed by atoms with Crippen LogP contribution in [0.5, 0.6) is 5.75 Å². The highest BCUT2D eigenvalue weighted by atomic mass is 16.5. The van der Waals surface area contributed by atoms with E-state index in [1.807, 2.05) is 0 Å². The van der Waals surface area contributed by atoms with Crippen LogP contribution in [0.4, 0.5) is 5.69 Å². The molecule has 112 valence electrons. The van der Waals surface area contributed by atoms with Crippen molar-refractivity contribution in [1.82, 2.24) is 0 Å². The number of amides is 1. The van der Waals surface area contributed by atoms with Crippen molar-refractivity contribution in [3.8, 4) is 11.8 Å². The van der Waals surface area contributed by atoms with Crippen molar-refractivity contribution in [1.29, 1.82) is 5.26 Å². The van der Waals surface area contributed by atoms with Gasteiger partial charge in [0, 0.05) is 11.8 Å². The minimum atomic E-state index is -1.48.